The molecule has 0 saturated heterocycles. The van der Waals surface area contributed by atoms with E-state index in [4.69, 9.17) is 0 Å². The fourth-order valence-corrected chi connectivity index (χ4v) is 3.67. The highest BCUT2D eigenvalue weighted by Crippen LogP contribution is 2.32. The topological polar surface area (TPSA) is 39.8 Å². The molecule has 4 heteroatoms. The van der Waals surface area contributed by atoms with Gasteiger partial charge in [-0.2, -0.15) is 0 Å². The molecule has 0 aliphatic rings. The molecule has 0 radical (unpaired) electrons. The van der Waals surface area contributed by atoms with Crippen LogP contribution in [0.15, 0.2) is 67.4 Å². The van der Waals surface area contributed by atoms with Gasteiger partial charge in [-0.05, 0) is 80.7 Å². The predicted molar refractivity (Wildman–Crippen MR) is 122 cm³/mol. The Balaban J connectivity index is 1.83. The molecule has 0 spiro atoms. The summed E-state index contributed by atoms with van der Waals surface area (Å²) in [5.74, 6) is -0.180. The fraction of sp³-hybridized carbons (Fsp3) is 0.280. The van der Waals surface area contributed by atoms with Gasteiger partial charge < -0.3 is 15.6 Å². The highest BCUT2D eigenvalue weighted by molar-refractivity contribution is 5.90. The first-order valence-electron chi connectivity index (χ1n) is 10.1. The monoisotopic (exact) mass is 391 g/mol. The number of fused-ring (bicyclic) bond motifs is 1. The molecule has 1 unspecified atom stereocenters. The van der Waals surface area contributed by atoms with Crippen LogP contribution in [-0.4, -0.2) is 24.6 Å². The Morgan fingerprint density at radius 1 is 1.24 bits per heavy atom. The SMILES string of the molecule is C=CC(CCNC)NC(=C)CCc1c(-c2ccc(F)c(C)c2)[nH]c2ccccc12. The average molecular weight is 392 g/mol. The summed E-state index contributed by atoms with van der Waals surface area (Å²) in [5.41, 5.74) is 6.04. The van der Waals surface area contributed by atoms with E-state index in [0.29, 0.717) is 5.56 Å². The summed E-state index contributed by atoms with van der Waals surface area (Å²) < 4.78 is 13.8. The van der Waals surface area contributed by atoms with Gasteiger partial charge in [-0.25, -0.2) is 4.39 Å². The molecule has 3 nitrogen and oxygen atoms in total. The molecule has 152 valence electrons. The first-order valence-corrected chi connectivity index (χ1v) is 10.1. The summed E-state index contributed by atoms with van der Waals surface area (Å²) in [5, 5.41) is 7.84. The van der Waals surface area contributed by atoms with Gasteiger partial charge >= 0.3 is 0 Å². The molecule has 3 aromatic rings. The quantitative estimate of drug-likeness (QED) is 0.400. The number of aromatic amines is 1. The van der Waals surface area contributed by atoms with Crippen molar-refractivity contribution in [3.63, 3.8) is 0 Å². The number of halogens is 1. The van der Waals surface area contributed by atoms with E-state index in [1.165, 1.54) is 17.0 Å². The number of rotatable bonds is 10. The van der Waals surface area contributed by atoms with Crippen LogP contribution in [0, 0.1) is 12.7 Å². The van der Waals surface area contributed by atoms with E-state index in [-0.39, 0.29) is 11.9 Å². The third-order valence-electron chi connectivity index (χ3n) is 5.32. The maximum Gasteiger partial charge on any atom is 0.126 e. The van der Waals surface area contributed by atoms with E-state index < -0.39 is 0 Å². The summed E-state index contributed by atoms with van der Waals surface area (Å²) in [6.07, 6.45) is 4.56. The van der Waals surface area contributed by atoms with Gasteiger partial charge in [0.2, 0.25) is 0 Å². The first-order chi connectivity index (χ1) is 14.0. The Hall–Kier alpha value is -2.85. The molecular weight excluding hydrogens is 361 g/mol. The van der Waals surface area contributed by atoms with E-state index in [1.807, 2.05) is 31.3 Å². The van der Waals surface area contributed by atoms with Gasteiger partial charge in [0.15, 0.2) is 0 Å². The standard InChI is InChI=1S/C25H30FN3/c1-5-20(14-15-27-4)28-18(3)10-12-22-21-8-6-7-9-24(21)29-25(22)19-11-13-23(26)17(2)16-19/h5-9,11,13,16,20,27-29H,1,3,10,12,14-15H2,2,4H3. The van der Waals surface area contributed by atoms with Gasteiger partial charge in [-0.1, -0.05) is 30.9 Å². The number of H-pyrrole nitrogens is 1. The van der Waals surface area contributed by atoms with Gasteiger partial charge in [0.05, 0.1) is 0 Å². The zero-order chi connectivity index (χ0) is 20.8. The molecule has 3 N–H and O–H groups in total. The summed E-state index contributed by atoms with van der Waals surface area (Å²) in [7, 11) is 1.95. The zero-order valence-electron chi connectivity index (χ0n) is 17.3. The molecule has 0 amide bonds. The molecule has 0 saturated carbocycles. The van der Waals surface area contributed by atoms with Crippen LogP contribution in [0.25, 0.3) is 22.2 Å². The number of aromatic nitrogens is 1. The van der Waals surface area contributed by atoms with Crippen molar-refractivity contribution >= 4 is 10.9 Å². The number of allylic oxidation sites excluding steroid dienone is 1. The molecule has 1 atom stereocenters. The molecule has 0 fully saturated rings. The Kier molecular flexibility index (Phi) is 6.89. The second-order valence-corrected chi connectivity index (χ2v) is 7.47. The van der Waals surface area contributed by atoms with Gasteiger partial charge in [0, 0.05) is 28.3 Å². The second-order valence-electron chi connectivity index (χ2n) is 7.47. The van der Waals surface area contributed by atoms with Crippen LogP contribution in [0.5, 0.6) is 0 Å². The Labute approximate surface area is 172 Å². The first kappa shape index (κ1) is 20.9. The van der Waals surface area contributed by atoms with Crippen LogP contribution >= 0.6 is 0 Å². The lowest BCUT2D eigenvalue weighted by molar-refractivity contribution is 0.580. The van der Waals surface area contributed by atoms with Crippen LogP contribution in [0.4, 0.5) is 4.39 Å². The summed E-state index contributed by atoms with van der Waals surface area (Å²) >= 11 is 0. The van der Waals surface area contributed by atoms with Gasteiger partial charge in [0.25, 0.3) is 0 Å². The molecule has 1 heterocycles. The van der Waals surface area contributed by atoms with Crippen molar-refractivity contribution < 1.29 is 4.39 Å². The molecule has 2 aromatic carbocycles. The smallest absolute Gasteiger partial charge is 0.126 e. The van der Waals surface area contributed by atoms with Crippen LogP contribution < -0.4 is 10.6 Å². The van der Waals surface area contributed by atoms with Gasteiger partial charge in [-0.3, -0.25) is 0 Å². The average Bonchev–Trinajstić information content (AvgIpc) is 3.10. The second kappa shape index (κ2) is 9.57. The van der Waals surface area contributed by atoms with Gasteiger partial charge in [-0.15, -0.1) is 6.58 Å². The van der Waals surface area contributed by atoms with Crippen molar-refractivity contribution in [1.82, 2.24) is 15.6 Å². The summed E-state index contributed by atoms with van der Waals surface area (Å²) in [6, 6.07) is 13.8. The van der Waals surface area contributed by atoms with Crippen molar-refractivity contribution in [2.45, 2.75) is 32.2 Å². The molecule has 29 heavy (non-hydrogen) atoms. The third-order valence-corrected chi connectivity index (χ3v) is 5.32. The number of para-hydroxylation sites is 1. The largest absolute Gasteiger partial charge is 0.383 e. The summed E-state index contributed by atoms with van der Waals surface area (Å²) in [6.45, 7) is 10.9. The van der Waals surface area contributed by atoms with Crippen molar-refractivity contribution in [1.29, 1.82) is 0 Å². The highest BCUT2D eigenvalue weighted by atomic mass is 19.1. The van der Waals surface area contributed by atoms with Crippen molar-refractivity contribution in [2.75, 3.05) is 13.6 Å². The lowest BCUT2D eigenvalue weighted by Gasteiger charge is -2.18. The zero-order valence-corrected chi connectivity index (χ0v) is 17.3. The maximum atomic E-state index is 13.8. The number of aryl methyl sites for hydroxylation is 2. The van der Waals surface area contributed by atoms with E-state index >= 15 is 0 Å². The van der Waals surface area contributed by atoms with Gasteiger partial charge in [0.1, 0.15) is 5.82 Å². The van der Waals surface area contributed by atoms with E-state index in [0.717, 1.165) is 48.3 Å². The van der Waals surface area contributed by atoms with Crippen LogP contribution in [0.1, 0.15) is 24.0 Å². The molecule has 1 aromatic heterocycles. The fourth-order valence-electron chi connectivity index (χ4n) is 3.67. The Morgan fingerprint density at radius 2 is 2.03 bits per heavy atom. The number of hydrogen-bond acceptors (Lipinski definition) is 2. The third kappa shape index (κ3) is 4.96. The van der Waals surface area contributed by atoms with Crippen molar-refractivity contribution in [3.05, 3.63) is 84.3 Å². The molecule has 0 aliphatic heterocycles. The van der Waals surface area contributed by atoms with Crippen LogP contribution in [0.3, 0.4) is 0 Å². The Bertz CT molecular complexity index is 1000. The van der Waals surface area contributed by atoms with Crippen molar-refractivity contribution in [2.24, 2.45) is 0 Å². The van der Waals surface area contributed by atoms with E-state index in [9.17, 15) is 4.39 Å². The van der Waals surface area contributed by atoms with Crippen molar-refractivity contribution in [3.8, 4) is 11.3 Å². The predicted octanol–water partition coefficient (Wildman–Crippen LogP) is 5.48. The molecule has 0 aliphatic carbocycles. The normalized spacial score (nSPS) is 12.1. The number of benzene rings is 2. The lowest BCUT2D eigenvalue weighted by Crippen LogP contribution is -2.29. The molecular formula is C25H30FN3. The number of hydrogen-bond donors (Lipinski definition) is 3. The van der Waals surface area contributed by atoms with Crippen LogP contribution in [0.2, 0.25) is 0 Å². The lowest BCUT2D eigenvalue weighted by atomic mass is 9.99. The maximum absolute atomic E-state index is 13.8. The molecule has 3 rings (SSSR count). The summed E-state index contributed by atoms with van der Waals surface area (Å²) in [4.78, 5) is 3.53. The minimum Gasteiger partial charge on any atom is -0.383 e. The minimum absolute atomic E-state index is 0.180. The minimum atomic E-state index is -0.180. The number of nitrogens with one attached hydrogen (secondary N) is 3. The van der Waals surface area contributed by atoms with E-state index in [2.05, 4.69) is 47.0 Å². The van der Waals surface area contributed by atoms with E-state index in [1.54, 1.807) is 6.92 Å². The molecule has 0 bridgehead atoms. The van der Waals surface area contributed by atoms with Crippen LogP contribution in [-0.2, 0) is 6.42 Å². The Morgan fingerprint density at radius 3 is 2.76 bits per heavy atom. The highest BCUT2D eigenvalue weighted by Gasteiger charge is 2.14.